The van der Waals surface area contributed by atoms with E-state index in [0.29, 0.717) is 5.56 Å². The van der Waals surface area contributed by atoms with Crippen LogP contribution >= 0.6 is 22.6 Å². The minimum Gasteiger partial charge on any atom is -0.343 e. The first kappa shape index (κ1) is 19.0. The van der Waals surface area contributed by atoms with Crippen LogP contribution in [-0.4, -0.2) is 18.4 Å². The number of anilines is 1. The fourth-order valence-electron chi connectivity index (χ4n) is 1.92. The molecule has 2 rings (SSSR count). The summed E-state index contributed by atoms with van der Waals surface area (Å²) in [5, 5.41) is 2.40. The van der Waals surface area contributed by atoms with Crippen LogP contribution in [0.3, 0.4) is 0 Å². The molecule has 132 valence electrons. The van der Waals surface area contributed by atoms with Gasteiger partial charge in [-0.05, 0) is 46.9 Å². The molecule has 0 bridgehead atoms. The zero-order valence-corrected chi connectivity index (χ0v) is 14.8. The predicted molar refractivity (Wildman–Crippen MR) is 94.7 cm³/mol. The maximum absolute atomic E-state index is 12.8. The van der Waals surface area contributed by atoms with Crippen molar-refractivity contribution in [1.82, 2.24) is 10.7 Å². The van der Waals surface area contributed by atoms with E-state index in [4.69, 9.17) is 0 Å². The van der Waals surface area contributed by atoms with Crippen LogP contribution in [0.2, 0.25) is 0 Å². The van der Waals surface area contributed by atoms with Crippen molar-refractivity contribution in [2.45, 2.75) is 6.18 Å². The highest BCUT2D eigenvalue weighted by Crippen LogP contribution is 2.34. The summed E-state index contributed by atoms with van der Waals surface area (Å²) >= 11 is 1.99. The Labute approximate surface area is 155 Å². The van der Waals surface area contributed by atoms with Crippen molar-refractivity contribution in [3.8, 4) is 0 Å². The van der Waals surface area contributed by atoms with E-state index < -0.39 is 23.6 Å². The Balaban J connectivity index is 1.90. The summed E-state index contributed by atoms with van der Waals surface area (Å²) < 4.78 is 39.2. The van der Waals surface area contributed by atoms with Gasteiger partial charge in [0.2, 0.25) is 0 Å². The number of rotatable bonds is 5. The van der Waals surface area contributed by atoms with Crippen molar-refractivity contribution in [2.24, 2.45) is 0 Å². The molecule has 5 nitrogen and oxygen atoms in total. The minimum atomic E-state index is -4.55. The van der Waals surface area contributed by atoms with Crippen molar-refractivity contribution < 1.29 is 22.8 Å². The Morgan fingerprint density at radius 3 is 2.32 bits per heavy atom. The number of nitrogens with one attached hydrogen (secondary N) is 3. The lowest BCUT2D eigenvalue weighted by atomic mass is 10.2. The third-order valence-corrected chi connectivity index (χ3v) is 4.04. The first-order valence-corrected chi connectivity index (χ1v) is 8.10. The predicted octanol–water partition coefficient (Wildman–Crippen LogP) is 3.18. The largest absolute Gasteiger partial charge is 0.418 e. The van der Waals surface area contributed by atoms with Gasteiger partial charge in [0.25, 0.3) is 11.8 Å². The summed E-state index contributed by atoms with van der Waals surface area (Å²) in [5.41, 5.74) is 3.57. The van der Waals surface area contributed by atoms with Crippen molar-refractivity contribution in [2.75, 3.05) is 12.0 Å². The van der Waals surface area contributed by atoms with Crippen molar-refractivity contribution >= 4 is 40.1 Å². The van der Waals surface area contributed by atoms with Crippen LogP contribution in [0.15, 0.2) is 48.5 Å². The molecule has 0 fully saturated rings. The van der Waals surface area contributed by atoms with Gasteiger partial charge in [-0.2, -0.15) is 13.2 Å². The highest BCUT2D eigenvalue weighted by atomic mass is 127. The number of carbonyl (C=O) groups excluding carboxylic acids is 2. The molecular formula is C16H13F3IN3O2. The molecule has 3 N–H and O–H groups in total. The fraction of sp³-hybridized carbons (Fsp3) is 0.125. The normalized spacial score (nSPS) is 10.9. The Morgan fingerprint density at radius 2 is 1.64 bits per heavy atom. The van der Waals surface area contributed by atoms with Crippen LogP contribution in [0.1, 0.15) is 15.9 Å². The van der Waals surface area contributed by atoms with Crippen LogP contribution in [0, 0.1) is 3.57 Å². The lowest BCUT2D eigenvalue weighted by Crippen LogP contribution is -2.40. The Morgan fingerprint density at radius 1 is 1.00 bits per heavy atom. The molecule has 0 aliphatic rings. The molecule has 2 amide bonds. The van der Waals surface area contributed by atoms with Crippen LogP contribution < -0.4 is 16.2 Å². The number of halogens is 4. The lowest BCUT2D eigenvalue weighted by molar-refractivity contribution is -0.137. The van der Waals surface area contributed by atoms with Gasteiger partial charge in [0, 0.05) is 3.57 Å². The van der Waals surface area contributed by atoms with Gasteiger partial charge in [0.05, 0.1) is 23.4 Å². The van der Waals surface area contributed by atoms with Gasteiger partial charge in [-0.3, -0.25) is 20.4 Å². The van der Waals surface area contributed by atoms with Gasteiger partial charge in [-0.25, -0.2) is 0 Å². The number of para-hydroxylation sites is 1. The molecule has 0 radical (unpaired) electrons. The number of carbonyl (C=O) groups is 2. The molecule has 0 atom stereocenters. The van der Waals surface area contributed by atoms with E-state index in [1.54, 1.807) is 24.3 Å². The Hall–Kier alpha value is -2.30. The maximum atomic E-state index is 12.8. The third kappa shape index (κ3) is 5.34. The zero-order valence-electron chi connectivity index (χ0n) is 12.7. The molecule has 2 aromatic carbocycles. The molecular weight excluding hydrogens is 450 g/mol. The number of hydrazine groups is 1. The molecule has 0 saturated heterocycles. The van der Waals surface area contributed by atoms with Gasteiger partial charge < -0.3 is 5.32 Å². The highest BCUT2D eigenvalue weighted by molar-refractivity contribution is 14.1. The standard InChI is InChI=1S/C16H13F3IN3O2/c17-16(18,19)11-6-2-4-8-13(11)22-23-14(24)9-21-15(25)10-5-1-3-7-12(10)20/h1-8,22H,9H2,(H,21,25)(H,23,24). The van der Waals surface area contributed by atoms with Crippen LogP contribution in [0.4, 0.5) is 18.9 Å². The molecule has 25 heavy (non-hydrogen) atoms. The second-order valence-corrected chi connectivity index (χ2v) is 6.04. The van der Waals surface area contributed by atoms with E-state index in [0.717, 1.165) is 9.64 Å². The van der Waals surface area contributed by atoms with Gasteiger partial charge in [-0.15, -0.1) is 0 Å². The summed E-state index contributed by atoms with van der Waals surface area (Å²) in [7, 11) is 0. The van der Waals surface area contributed by atoms with Crippen molar-refractivity contribution in [1.29, 1.82) is 0 Å². The smallest absolute Gasteiger partial charge is 0.343 e. The average molecular weight is 463 g/mol. The molecule has 9 heteroatoms. The molecule has 0 saturated carbocycles. The number of amides is 2. The van der Waals surface area contributed by atoms with E-state index in [2.05, 4.69) is 16.2 Å². The quantitative estimate of drug-likeness (QED) is 0.472. The Bertz CT molecular complexity index is 781. The van der Waals surface area contributed by atoms with Gasteiger partial charge in [0.1, 0.15) is 0 Å². The van der Waals surface area contributed by atoms with Crippen molar-refractivity contribution in [3.63, 3.8) is 0 Å². The summed E-state index contributed by atoms with van der Waals surface area (Å²) in [4.78, 5) is 23.7. The number of hydrogen-bond donors (Lipinski definition) is 3. The third-order valence-electron chi connectivity index (χ3n) is 3.10. The summed E-state index contributed by atoms with van der Waals surface area (Å²) in [6, 6.07) is 11.5. The molecule has 0 aliphatic carbocycles. The summed E-state index contributed by atoms with van der Waals surface area (Å²) in [5.74, 6) is -1.13. The van der Waals surface area contributed by atoms with Crippen molar-refractivity contribution in [3.05, 3.63) is 63.2 Å². The lowest BCUT2D eigenvalue weighted by Gasteiger charge is -2.15. The summed E-state index contributed by atoms with van der Waals surface area (Å²) in [6.07, 6.45) is -4.55. The molecule has 0 heterocycles. The molecule has 2 aromatic rings. The number of benzene rings is 2. The van der Waals surface area contributed by atoms with Gasteiger partial charge >= 0.3 is 6.18 Å². The summed E-state index contributed by atoms with van der Waals surface area (Å²) in [6.45, 7) is -0.384. The maximum Gasteiger partial charge on any atom is 0.418 e. The SMILES string of the molecule is O=C(CNC(=O)c1ccccc1I)NNc1ccccc1C(F)(F)F. The molecule has 0 aliphatic heterocycles. The van der Waals surface area contributed by atoms with Crippen LogP contribution in [0.25, 0.3) is 0 Å². The average Bonchev–Trinajstić information content (AvgIpc) is 2.57. The Kier molecular flexibility index (Phi) is 6.23. The highest BCUT2D eigenvalue weighted by Gasteiger charge is 2.33. The topological polar surface area (TPSA) is 70.2 Å². The second-order valence-electron chi connectivity index (χ2n) is 4.88. The van der Waals surface area contributed by atoms with Crippen LogP contribution in [-0.2, 0) is 11.0 Å². The monoisotopic (exact) mass is 463 g/mol. The van der Waals surface area contributed by atoms with E-state index in [-0.39, 0.29) is 12.2 Å². The van der Waals surface area contributed by atoms with E-state index in [9.17, 15) is 22.8 Å². The van der Waals surface area contributed by atoms with Gasteiger partial charge in [-0.1, -0.05) is 24.3 Å². The first-order valence-electron chi connectivity index (χ1n) is 7.03. The first-order chi connectivity index (χ1) is 11.8. The minimum absolute atomic E-state index is 0.285. The van der Waals surface area contributed by atoms with E-state index >= 15 is 0 Å². The van der Waals surface area contributed by atoms with E-state index in [1.165, 1.54) is 18.2 Å². The van der Waals surface area contributed by atoms with Gasteiger partial charge in [0.15, 0.2) is 0 Å². The molecule has 0 unspecified atom stereocenters. The number of hydrogen-bond acceptors (Lipinski definition) is 3. The number of alkyl halides is 3. The molecule has 0 aromatic heterocycles. The zero-order chi connectivity index (χ0) is 18.4. The van der Waals surface area contributed by atoms with Crippen LogP contribution in [0.5, 0.6) is 0 Å². The second kappa shape index (κ2) is 8.19. The van der Waals surface area contributed by atoms with E-state index in [1.807, 2.05) is 22.6 Å². The fourth-order valence-corrected chi connectivity index (χ4v) is 2.55. The molecule has 0 spiro atoms.